The number of nitrogens with one attached hydrogen (secondary N) is 1. The van der Waals surface area contributed by atoms with Crippen LogP contribution in [-0.4, -0.2) is 26.1 Å². The van der Waals surface area contributed by atoms with Crippen LogP contribution < -0.4 is 5.32 Å². The summed E-state index contributed by atoms with van der Waals surface area (Å²) in [6.07, 6.45) is 4.53. The summed E-state index contributed by atoms with van der Waals surface area (Å²) >= 11 is 0. The monoisotopic (exact) mass is 245 g/mol. The highest BCUT2D eigenvalue weighted by Crippen LogP contribution is 2.24. The molecular formula is C13H19N5. The number of anilines is 1. The van der Waals surface area contributed by atoms with Gasteiger partial charge in [0.15, 0.2) is 5.82 Å². The molecule has 0 unspecified atom stereocenters. The molecule has 0 spiro atoms. The Kier molecular flexibility index (Phi) is 3.60. The SMILES string of the molecule is CCNc1nc(CC)nc(-c2nccn2C)c1C. The van der Waals surface area contributed by atoms with Gasteiger partial charge in [-0.25, -0.2) is 15.0 Å². The second kappa shape index (κ2) is 5.16. The average molecular weight is 245 g/mol. The van der Waals surface area contributed by atoms with Crippen molar-refractivity contribution < 1.29 is 0 Å². The molecular weight excluding hydrogens is 226 g/mol. The molecule has 0 aliphatic carbocycles. The maximum atomic E-state index is 4.60. The predicted molar refractivity (Wildman–Crippen MR) is 72.5 cm³/mol. The molecule has 2 aromatic heterocycles. The highest BCUT2D eigenvalue weighted by molar-refractivity contribution is 5.63. The molecule has 5 heteroatoms. The first-order valence-corrected chi connectivity index (χ1v) is 6.26. The van der Waals surface area contributed by atoms with Crippen LogP contribution in [0.25, 0.3) is 11.5 Å². The zero-order chi connectivity index (χ0) is 13.1. The van der Waals surface area contributed by atoms with Crippen molar-refractivity contribution in [3.63, 3.8) is 0 Å². The second-order valence-corrected chi connectivity index (χ2v) is 4.21. The molecule has 0 amide bonds. The van der Waals surface area contributed by atoms with Gasteiger partial charge < -0.3 is 9.88 Å². The van der Waals surface area contributed by atoms with Crippen molar-refractivity contribution in [3.05, 3.63) is 23.8 Å². The molecule has 2 rings (SSSR count). The number of aryl methyl sites for hydroxylation is 2. The van der Waals surface area contributed by atoms with E-state index in [0.717, 1.165) is 41.7 Å². The summed E-state index contributed by atoms with van der Waals surface area (Å²) in [5.41, 5.74) is 1.95. The molecule has 0 saturated carbocycles. The third-order valence-electron chi connectivity index (χ3n) is 2.89. The lowest BCUT2D eigenvalue weighted by molar-refractivity contribution is 0.886. The zero-order valence-electron chi connectivity index (χ0n) is 11.4. The van der Waals surface area contributed by atoms with Gasteiger partial charge in [0.1, 0.15) is 17.3 Å². The molecule has 2 heterocycles. The van der Waals surface area contributed by atoms with Gasteiger partial charge in [-0.1, -0.05) is 6.92 Å². The topological polar surface area (TPSA) is 55.6 Å². The van der Waals surface area contributed by atoms with Gasteiger partial charge in [-0.15, -0.1) is 0 Å². The Morgan fingerprint density at radius 2 is 2.06 bits per heavy atom. The van der Waals surface area contributed by atoms with Gasteiger partial charge in [0, 0.05) is 38.0 Å². The van der Waals surface area contributed by atoms with Crippen LogP contribution in [0, 0.1) is 6.92 Å². The molecule has 0 bridgehead atoms. The van der Waals surface area contributed by atoms with Crippen molar-refractivity contribution in [1.82, 2.24) is 19.5 Å². The van der Waals surface area contributed by atoms with E-state index in [9.17, 15) is 0 Å². The Morgan fingerprint density at radius 1 is 1.28 bits per heavy atom. The Labute approximate surface area is 107 Å². The molecule has 0 radical (unpaired) electrons. The molecule has 5 nitrogen and oxygen atoms in total. The standard InChI is InChI=1S/C13H19N5/c1-5-10-16-11(13-15-7-8-18(13)4)9(3)12(17-10)14-6-2/h7-8H,5-6H2,1-4H3,(H,14,16,17). The van der Waals surface area contributed by atoms with Crippen LogP contribution in [0.5, 0.6) is 0 Å². The summed E-state index contributed by atoms with van der Waals surface area (Å²) in [7, 11) is 1.97. The van der Waals surface area contributed by atoms with Crippen molar-refractivity contribution in [3.8, 4) is 11.5 Å². The van der Waals surface area contributed by atoms with Gasteiger partial charge in [0.25, 0.3) is 0 Å². The van der Waals surface area contributed by atoms with Crippen LogP contribution in [0.3, 0.4) is 0 Å². The van der Waals surface area contributed by atoms with Crippen molar-refractivity contribution in [2.75, 3.05) is 11.9 Å². The fourth-order valence-corrected chi connectivity index (χ4v) is 1.87. The summed E-state index contributed by atoms with van der Waals surface area (Å²) in [5.74, 6) is 2.63. The zero-order valence-corrected chi connectivity index (χ0v) is 11.4. The summed E-state index contributed by atoms with van der Waals surface area (Å²) in [5, 5.41) is 3.28. The van der Waals surface area contributed by atoms with Crippen molar-refractivity contribution in [1.29, 1.82) is 0 Å². The molecule has 96 valence electrons. The first-order valence-electron chi connectivity index (χ1n) is 6.26. The van der Waals surface area contributed by atoms with E-state index in [1.165, 1.54) is 0 Å². The molecule has 0 saturated heterocycles. The van der Waals surface area contributed by atoms with Gasteiger partial charge in [0.2, 0.25) is 0 Å². The van der Waals surface area contributed by atoms with Crippen molar-refractivity contribution in [2.24, 2.45) is 7.05 Å². The molecule has 2 aromatic rings. The van der Waals surface area contributed by atoms with Crippen LogP contribution in [-0.2, 0) is 13.5 Å². The van der Waals surface area contributed by atoms with E-state index in [2.05, 4.69) is 34.1 Å². The van der Waals surface area contributed by atoms with Gasteiger partial charge in [-0.2, -0.15) is 0 Å². The van der Waals surface area contributed by atoms with Crippen molar-refractivity contribution >= 4 is 5.82 Å². The Bertz CT molecular complexity index is 544. The van der Waals surface area contributed by atoms with Gasteiger partial charge in [-0.05, 0) is 13.8 Å². The quantitative estimate of drug-likeness (QED) is 0.897. The van der Waals surface area contributed by atoms with E-state index in [-0.39, 0.29) is 0 Å². The lowest BCUT2D eigenvalue weighted by Crippen LogP contribution is -2.09. The Balaban J connectivity index is 2.59. The first kappa shape index (κ1) is 12.5. The third kappa shape index (κ3) is 2.20. The third-order valence-corrected chi connectivity index (χ3v) is 2.89. The average Bonchev–Trinajstić information content (AvgIpc) is 2.78. The smallest absolute Gasteiger partial charge is 0.158 e. The van der Waals surface area contributed by atoms with E-state index in [1.807, 2.05) is 24.7 Å². The number of rotatable bonds is 4. The molecule has 0 fully saturated rings. The van der Waals surface area contributed by atoms with E-state index < -0.39 is 0 Å². The normalized spacial score (nSPS) is 10.7. The van der Waals surface area contributed by atoms with E-state index in [1.54, 1.807) is 6.20 Å². The number of hydrogen-bond donors (Lipinski definition) is 1. The lowest BCUT2D eigenvalue weighted by atomic mass is 10.2. The highest BCUT2D eigenvalue weighted by atomic mass is 15.1. The molecule has 1 N–H and O–H groups in total. The van der Waals surface area contributed by atoms with Gasteiger partial charge in [-0.3, -0.25) is 0 Å². The Morgan fingerprint density at radius 3 is 2.61 bits per heavy atom. The Hall–Kier alpha value is -1.91. The maximum absolute atomic E-state index is 4.60. The van der Waals surface area contributed by atoms with Crippen molar-refractivity contribution in [2.45, 2.75) is 27.2 Å². The van der Waals surface area contributed by atoms with E-state index in [0.29, 0.717) is 0 Å². The number of nitrogens with zero attached hydrogens (tertiary/aromatic N) is 4. The first-order chi connectivity index (χ1) is 8.67. The van der Waals surface area contributed by atoms with Crippen LogP contribution >= 0.6 is 0 Å². The van der Waals surface area contributed by atoms with E-state index in [4.69, 9.17) is 0 Å². The number of imidazole rings is 1. The predicted octanol–water partition coefficient (Wildman–Crippen LogP) is 2.18. The molecule has 0 aliphatic heterocycles. The highest BCUT2D eigenvalue weighted by Gasteiger charge is 2.14. The lowest BCUT2D eigenvalue weighted by Gasteiger charge is -2.12. The largest absolute Gasteiger partial charge is 0.370 e. The summed E-state index contributed by atoms with van der Waals surface area (Å²) in [6.45, 7) is 7.00. The number of hydrogen-bond acceptors (Lipinski definition) is 4. The minimum absolute atomic E-state index is 0.816. The van der Waals surface area contributed by atoms with Crippen LogP contribution in [0.15, 0.2) is 12.4 Å². The van der Waals surface area contributed by atoms with Gasteiger partial charge in [0.05, 0.1) is 0 Å². The summed E-state index contributed by atoms with van der Waals surface area (Å²) in [6, 6.07) is 0. The molecule has 18 heavy (non-hydrogen) atoms. The van der Waals surface area contributed by atoms with Crippen LogP contribution in [0.4, 0.5) is 5.82 Å². The van der Waals surface area contributed by atoms with E-state index >= 15 is 0 Å². The second-order valence-electron chi connectivity index (χ2n) is 4.21. The fraction of sp³-hybridized carbons (Fsp3) is 0.462. The minimum Gasteiger partial charge on any atom is -0.370 e. The number of aromatic nitrogens is 4. The fourth-order valence-electron chi connectivity index (χ4n) is 1.87. The van der Waals surface area contributed by atoms with Crippen LogP contribution in [0.1, 0.15) is 25.2 Å². The van der Waals surface area contributed by atoms with Crippen LogP contribution in [0.2, 0.25) is 0 Å². The minimum atomic E-state index is 0.816. The molecule has 0 aliphatic rings. The summed E-state index contributed by atoms with van der Waals surface area (Å²) in [4.78, 5) is 13.5. The molecule has 0 atom stereocenters. The summed E-state index contributed by atoms with van der Waals surface area (Å²) < 4.78 is 1.98. The van der Waals surface area contributed by atoms with Gasteiger partial charge >= 0.3 is 0 Å². The molecule has 0 aromatic carbocycles. The maximum Gasteiger partial charge on any atom is 0.158 e.